The summed E-state index contributed by atoms with van der Waals surface area (Å²) >= 11 is 0. The molecule has 0 bridgehead atoms. The topological polar surface area (TPSA) is 703 Å². The zero-order chi connectivity index (χ0) is 85.3. The Bertz CT molecular complexity index is 4160. The number of primary amides is 5. The maximum Gasteiger partial charge on any atom is 0.245 e. The Morgan fingerprint density at radius 1 is 0.496 bits per heavy atom. The first-order valence-corrected chi connectivity index (χ1v) is 37.1. The number of amides is 17. The van der Waals surface area contributed by atoms with Gasteiger partial charge in [-0.1, -0.05) is 88.4 Å². The number of fused-ring (bicyclic) bond motifs is 1. The van der Waals surface area contributed by atoms with E-state index >= 15 is 0 Å². The van der Waals surface area contributed by atoms with Crippen molar-refractivity contribution in [1.82, 2.24) is 68.4 Å². The van der Waals surface area contributed by atoms with Crippen LogP contribution in [0.25, 0.3) is 10.9 Å². The molecule has 0 unspecified atom stereocenters. The molecule has 626 valence electrons. The van der Waals surface area contributed by atoms with Crippen LogP contribution in [0.4, 0.5) is 0 Å². The molecule has 17 amide bonds. The number of aromatic hydroxyl groups is 1. The molecule has 2 heterocycles. The molecule has 115 heavy (non-hydrogen) atoms. The summed E-state index contributed by atoms with van der Waals surface area (Å²) in [7, 11) is 0. The van der Waals surface area contributed by atoms with Gasteiger partial charge < -0.3 is 124 Å². The van der Waals surface area contributed by atoms with Gasteiger partial charge in [-0.05, 0) is 91.7 Å². The van der Waals surface area contributed by atoms with Crippen molar-refractivity contribution in [3.8, 4) is 5.75 Å². The maximum absolute atomic E-state index is 14.9. The number of hydrogen-bond acceptors (Lipinski definition) is 21. The standard InChI is InChI=1S/C74H106N22O19/c1-37(2)26-44(75)73(115)96-25-11-17-56(96)72(114)94-54(33-60(79)102)69(111)90-50(29-40-18-20-42(98)21-19-40)66(108)92-52(31-58(77)100)68(110)91-51(30-41-34-84-45-15-9-8-14-43(41)45)67(109)93-53(32-59(78)101)70(112)95-55(36-97)71(113)89-49(28-39-12-6-5-7-13-39)63(105)85-35-61(103)86-48(27-38(3)4)65(107)88-47(16-10-24-83-74(81)82)64(106)87-46(62(80)104)22-23-57(76)99/h5-9,12-15,18-21,34,37-38,44,46-56,84,97-98H,10-11,16-17,22-33,35-36,75H2,1-4H3,(H2,76,99)(H2,77,100)(H2,78,101)(H2,79,102)(H2,80,104)(H,85,105)(H,86,103)(H,87,106)(H,88,107)(H,89,113)(H,90,111)(H,91,110)(H,92,108)(H,93,109)(H,94,114)(H,95,112)(H4,81,82,83)/t44-,46-,47-,48-,49-,50-,51-,52-,53-,54-,55-,56-/m0/s1. The summed E-state index contributed by atoms with van der Waals surface area (Å²) < 4.78 is 0. The lowest BCUT2D eigenvalue weighted by atomic mass is 10.0. The van der Waals surface area contributed by atoms with Gasteiger partial charge in [0.1, 0.15) is 72.2 Å². The van der Waals surface area contributed by atoms with Crippen molar-refractivity contribution >= 4 is 117 Å². The number of aliphatic imine (C=N–C) groups is 1. The number of H-pyrrole nitrogens is 1. The molecule has 5 rings (SSSR count). The highest BCUT2D eigenvalue weighted by atomic mass is 16.3. The number of phenols is 1. The lowest BCUT2D eigenvalue weighted by molar-refractivity contribution is -0.141. The van der Waals surface area contributed by atoms with Crippen LogP contribution in [0, 0.1) is 11.8 Å². The summed E-state index contributed by atoms with van der Waals surface area (Å²) in [5, 5.41) is 47.9. The number of aliphatic hydroxyl groups is 1. The Morgan fingerprint density at radius 3 is 1.49 bits per heavy atom. The van der Waals surface area contributed by atoms with Crippen LogP contribution in [-0.4, -0.2) is 225 Å². The second kappa shape index (κ2) is 45.6. The van der Waals surface area contributed by atoms with E-state index in [4.69, 9.17) is 45.9 Å². The second-order valence-corrected chi connectivity index (χ2v) is 28.6. The van der Waals surface area contributed by atoms with E-state index in [1.807, 2.05) is 13.8 Å². The number of guanidine groups is 1. The fraction of sp³-hybridized carbons (Fsp3) is 0.486. The minimum absolute atomic E-state index is 0.00842. The maximum atomic E-state index is 14.9. The van der Waals surface area contributed by atoms with Gasteiger partial charge in [0.15, 0.2) is 5.96 Å². The number of carbonyl (C=O) groups excluding carboxylic acids is 17. The van der Waals surface area contributed by atoms with Crippen LogP contribution in [0.2, 0.25) is 0 Å². The molecule has 30 N–H and O–H groups in total. The van der Waals surface area contributed by atoms with Crippen LogP contribution >= 0.6 is 0 Å². The molecular formula is C74H106N22O19. The highest BCUT2D eigenvalue weighted by molar-refractivity contribution is 6.02. The summed E-state index contributed by atoms with van der Waals surface area (Å²) in [4.78, 5) is 240. The van der Waals surface area contributed by atoms with Gasteiger partial charge in [-0.2, -0.15) is 0 Å². The molecule has 1 saturated heterocycles. The number of aromatic amines is 1. The van der Waals surface area contributed by atoms with E-state index in [2.05, 4.69) is 68.5 Å². The molecule has 0 spiro atoms. The van der Waals surface area contributed by atoms with E-state index in [1.54, 1.807) is 68.4 Å². The number of para-hydroxylation sites is 1. The van der Waals surface area contributed by atoms with Crippen molar-refractivity contribution in [1.29, 1.82) is 0 Å². The van der Waals surface area contributed by atoms with Gasteiger partial charge in [0.25, 0.3) is 0 Å². The fourth-order valence-electron chi connectivity index (χ4n) is 12.4. The number of hydrogen-bond donors (Lipinski definition) is 22. The molecule has 1 aromatic heterocycles. The third kappa shape index (κ3) is 31.3. The van der Waals surface area contributed by atoms with Crippen molar-refractivity contribution in [2.24, 2.45) is 62.7 Å². The quantitative estimate of drug-likeness (QED) is 0.0111. The zero-order valence-corrected chi connectivity index (χ0v) is 64.2. The summed E-state index contributed by atoms with van der Waals surface area (Å²) in [5.74, 6) is -18.5. The van der Waals surface area contributed by atoms with E-state index < -0.39 is 218 Å². The molecular weight excluding hydrogens is 1500 g/mol. The Hall–Kier alpha value is -12.8. The van der Waals surface area contributed by atoms with E-state index in [0.29, 0.717) is 34.9 Å². The molecule has 41 heteroatoms. The highest BCUT2D eigenvalue weighted by Gasteiger charge is 2.41. The number of likely N-dealkylation sites (tertiary alicyclic amines) is 1. The predicted octanol–water partition coefficient (Wildman–Crippen LogP) is -7.30. The zero-order valence-electron chi connectivity index (χ0n) is 64.2. The Labute approximate surface area is 661 Å². The van der Waals surface area contributed by atoms with Gasteiger partial charge in [-0.15, -0.1) is 0 Å². The van der Waals surface area contributed by atoms with Crippen LogP contribution in [0.1, 0.15) is 115 Å². The summed E-state index contributed by atoms with van der Waals surface area (Å²) in [6, 6.07) is 0.758. The first-order valence-electron chi connectivity index (χ1n) is 37.1. The lowest BCUT2D eigenvalue weighted by Gasteiger charge is -2.29. The van der Waals surface area contributed by atoms with E-state index in [0.717, 1.165) is 0 Å². The normalized spacial score (nSPS) is 15.3. The number of phenolic OH excluding ortho intramolecular Hbond substituents is 1. The summed E-state index contributed by atoms with van der Waals surface area (Å²) in [6.07, 6.45) is -2.28. The molecule has 0 radical (unpaired) electrons. The van der Waals surface area contributed by atoms with Crippen LogP contribution in [0.15, 0.2) is 90.1 Å². The molecule has 3 aromatic carbocycles. The Kier molecular flexibility index (Phi) is 36.8. The number of benzene rings is 3. The Balaban J connectivity index is 1.38. The number of aliphatic hydroxyl groups excluding tert-OH is 1. The minimum Gasteiger partial charge on any atom is -0.508 e. The largest absolute Gasteiger partial charge is 0.508 e. The van der Waals surface area contributed by atoms with Gasteiger partial charge in [-0.3, -0.25) is 86.5 Å². The molecule has 12 atom stereocenters. The monoisotopic (exact) mass is 1610 g/mol. The fourth-order valence-corrected chi connectivity index (χ4v) is 12.4. The van der Waals surface area contributed by atoms with Crippen LogP contribution in [0.3, 0.4) is 0 Å². The first-order chi connectivity index (χ1) is 54.3. The van der Waals surface area contributed by atoms with Crippen molar-refractivity contribution < 1.29 is 91.7 Å². The van der Waals surface area contributed by atoms with E-state index in [1.165, 1.54) is 35.4 Å². The molecule has 1 fully saturated rings. The van der Waals surface area contributed by atoms with Crippen molar-refractivity contribution in [3.63, 3.8) is 0 Å². The lowest BCUT2D eigenvalue weighted by Crippen LogP contribution is -2.62. The van der Waals surface area contributed by atoms with E-state index in [9.17, 15) is 91.7 Å². The minimum atomic E-state index is -2.04. The summed E-state index contributed by atoms with van der Waals surface area (Å²) in [5.41, 5.74) is 46.3. The number of nitrogens with zero attached hydrogens (tertiary/aromatic N) is 2. The third-order valence-electron chi connectivity index (χ3n) is 18.2. The predicted molar refractivity (Wildman–Crippen MR) is 414 cm³/mol. The van der Waals surface area contributed by atoms with Crippen LogP contribution in [-0.2, 0) is 101 Å². The van der Waals surface area contributed by atoms with Crippen molar-refractivity contribution in [2.75, 3.05) is 26.2 Å². The number of aromatic nitrogens is 1. The smallest absolute Gasteiger partial charge is 0.245 e. The van der Waals surface area contributed by atoms with Gasteiger partial charge in [0, 0.05) is 55.9 Å². The number of rotatable bonds is 48. The molecule has 0 saturated carbocycles. The van der Waals surface area contributed by atoms with Crippen LogP contribution < -0.4 is 104 Å². The van der Waals surface area contributed by atoms with Gasteiger partial charge in [0.05, 0.1) is 38.5 Å². The SMILES string of the molecule is CC(C)C[C@H](NC(=O)CNC(=O)[C@H](Cc1ccccc1)NC(=O)[C@H](CO)NC(=O)[C@H](CC(N)=O)NC(=O)[C@H](Cc1c[nH]c2ccccc12)NC(=O)[C@H](CC(N)=O)NC(=O)[C@H](Cc1ccc(O)cc1)NC(=O)[C@H](CC(N)=O)NC(=O)[C@@H]1CCCN1C(=O)[C@@H](N)CC(C)C)C(=O)N[C@@H](CCCN=C(N)N)C(=O)N[C@@H](CCC(N)=O)C(N)=O. The summed E-state index contributed by atoms with van der Waals surface area (Å²) in [6.45, 7) is 5.28. The van der Waals surface area contributed by atoms with Crippen molar-refractivity contribution in [2.45, 2.75) is 190 Å². The van der Waals surface area contributed by atoms with Gasteiger partial charge in [0.2, 0.25) is 100 Å². The molecule has 1 aliphatic rings. The number of carbonyl (C=O) groups is 17. The van der Waals surface area contributed by atoms with Gasteiger partial charge >= 0.3 is 0 Å². The molecule has 4 aromatic rings. The molecule has 0 aliphatic carbocycles. The van der Waals surface area contributed by atoms with Crippen LogP contribution in [0.5, 0.6) is 5.75 Å². The third-order valence-corrected chi connectivity index (χ3v) is 18.2. The molecule has 41 nitrogen and oxygen atoms in total. The van der Waals surface area contributed by atoms with Crippen molar-refractivity contribution in [3.05, 3.63) is 102 Å². The first kappa shape index (κ1) is 92.8. The Morgan fingerprint density at radius 2 is 0.957 bits per heavy atom. The second-order valence-electron chi connectivity index (χ2n) is 28.6. The number of nitrogens with one attached hydrogen (secondary N) is 12. The van der Waals surface area contributed by atoms with E-state index in [-0.39, 0.29) is 87.1 Å². The highest BCUT2D eigenvalue weighted by Crippen LogP contribution is 2.23. The average molecular weight is 1610 g/mol. The molecule has 1 aliphatic heterocycles. The number of nitrogens with two attached hydrogens (primary N) is 8. The average Bonchev–Trinajstić information content (AvgIpc) is 1.63. The van der Waals surface area contributed by atoms with Gasteiger partial charge in [-0.25, -0.2) is 0 Å².